The predicted octanol–water partition coefficient (Wildman–Crippen LogP) is 2.20. The van der Waals surface area contributed by atoms with Crippen molar-refractivity contribution < 1.29 is 19.4 Å². The van der Waals surface area contributed by atoms with Crippen LogP contribution >= 0.6 is 0 Å². The molecular formula is C14H17NO4. The lowest BCUT2D eigenvalue weighted by Gasteiger charge is -2.22. The van der Waals surface area contributed by atoms with Crippen LogP contribution < -0.4 is 5.32 Å². The molecule has 0 bridgehead atoms. The van der Waals surface area contributed by atoms with E-state index in [9.17, 15) is 9.59 Å². The van der Waals surface area contributed by atoms with Crippen LogP contribution in [0.4, 0.5) is 5.69 Å². The minimum atomic E-state index is -1.06. The van der Waals surface area contributed by atoms with Crippen LogP contribution in [0.2, 0.25) is 0 Å². The first-order valence-corrected chi connectivity index (χ1v) is 6.22. The number of hydrogen-bond acceptors (Lipinski definition) is 3. The summed E-state index contributed by atoms with van der Waals surface area (Å²) in [4.78, 5) is 23.3. The molecule has 1 saturated heterocycles. The monoisotopic (exact) mass is 263 g/mol. The van der Waals surface area contributed by atoms with E-state index in [-0.39, 0.29) is 11.5 Å². The van der Waals surface area contributed by atoms with Crippen molar-refractivity contribution in [1.82, 2.24) is 0 Å². The number of rotatable bonds is 3. The third kappa shape index (κ3) is 2.76. The number of hydrogen-bond donors (Lipinski definition) is 2. The zero-order valence-electron chi connectivity index (χ0n) is 11.0. The number of anilines is 1. The zero-order chi connectivity index (χ0) is 14.0. The lowest BCUT2D eigenvalue weighted by atomic mass is 10.0. The van der Waals surface area contributed by atoms with Crippen LogP contribution in [0.3, 0.4) is 0 Å². The molecule has 1 aromatic rings. The van der Waals surface area contributed by atoms with Gasteiger partial charge in [-0.3, -0.25) is 4.79 Å². The molecule has 2 rings (SSSR count). The Morgan fingerprint density at radius 3 is 2.74 bits per heavy atom. The number of benzene rings is 1. The second-order valence-electron chi connectivity index (χ2n) is 4.99. The second kappa shape index (κ2) is 5.01. The highest BCUT2D eigenvalue weighted by atomic mass is 16.5. The second-order valence-corrected chi connectivity index (χ2v) is 4.99. The van der Waals surface area contributed by atoms with Gasteiger partial charge in [-0.2, -0.15) is 0 Å². The topological polar surface area (TPSA) is 75.6 Å². The van der Waals surface area contributed by atoms with Gasteiger partial charge in [0.05, 0.1) is 11.3 Å². The Morgan fingerprint density at radius 2 is 2.16 bits per heavy atom. The first-order valence-electron chi connectivity index (χ1n) is 6.22. The molecule has 0 spiro atoms. The van der Waals surface area contributed by atoms with Gasteiger partial charge in [0, 0.05) is 6.61 Å². The van der Waals surface area contributed by atoms with Crippen LogP contribution in [-0.2, 0) is 9.53 Å². The Bertz CT molecular complexity index is 518. The van der Waals surface area contributed by atoms with E-state index in [4.69, 9.17) is 9.84 Å². The van der Waals surface area contributed by atoms with E-state index >= 15 is 0 Å². The van der Waals surface area contributed by atoms with E-state index in [0.717, 1.165) is 12.0 Å². The number of carbonyl (C=O) groups is 2. The number of aromatic carboxylic acids is 1. The van der Waals surface area contributed by atoms with Crippen molar-refractivity contribution in [2.45, 2.75) is 32.3 Å². The molecule has 1 aromatic carbocycles. The fraction of sp³-hybridized carbons (Fsp3) is 0.429. The standard InChI is InChI=1S/C14H17NO4/c1-9-4-5-11(10(8-9)12(16)17)15-13(18)14(2)6-3-7-19-14/h4-5,8H,3,6-7H2,1-2H3,(H,15,18)(H,16,17). The number of aryl methyl sites for hydroxylation is 1. The number of carbonyl (C=O) groups excluding carboxylic acids is 1. The van der Waals surface area contributed by atoms with Crippen LogP contribution in [-0.4, -0.2) is 29.2 Å². The molecule has 19 heavy (non-hydrogen) atoms. The van der Waals surface area contributed by atoms with Crippen LogP contribution in [0.25, 0.3) is 0 Å². The molecule has 1 fully saturated rings. The predicted molar refractivity (Wildman–Crippen MR) is 70.4 cm³/mol. The van der Waals surface area contributed by atoms with Gasteiger partial charge in [-0.05, 0) is 38.8 Å². The van der Waals surface area contributed by atoms with Gasteiger partial charge >= 0.3 is 5.97 Å². The van der Waals surface area contributed by atoms with E-state index < -0.39 is 11.6 Å². The molecule has 1 amide bonds. The fourth-order valence-electron chi connectivity index (χ4n) is 2.16. The van der Waals surface area contributed by atoms with Crippen molar-refractivity contribution in [3.05, 3.63) is 29.3 Å². The molecule has 5 heteroatoms. The van der Waals surface area contributed by atoms with Crippen LogP contribution in [0.1, 0.15) is 35.7 Å². The first-order chi connectivity index (χ1) is 8.92. The van der Waals surface area contributed by atoms with Gasteiger partial charge in [0.25, 0.3) is 5.91 Å². The number of carboxylic acids is 1. The first kappa shape index (κ1) is 13.5. The van der Waals surface area contributed by atoms with Crippen molar-refractivity contribution in [3.8, 4) is 0 Å². The van der Waals surface area contributed by atoms with Gasteiger partial charge in [-0.15, -0.1) is 0 Å². The summed E-state index contributed by atoms with van der Waals surface area (Å²) in [5, 5.41) is 11.8. The summed E-state index contributed by atoms with van der Waals surface area (Å²) in [7, 11) is 0. The van der Waals surface area contributed by atoms with Crippen molar-refractivity contribution in [3.63, 3.8) is 0 Å². The van der Waals surface area contributed by atoms with E-state index in [1.807, 2.05) is 0 Å². The molecule has 1 aliphatic heterocycles. The normalized spacial score (nSPS) is 22.2. The van der Waals surface area contributed by atoms with Gasteiger partial charge in [-0.25, -0.2) is 4.79 Å². The van der Waals surface area contributed by atoms with Crippen molar-refractivity contribution in [1.29, 1.82) is 0 Å². The lowest BCUT2D eigenvalue weighted by molar-refractivity contribution is -0.133. The maximum Gasteiger partial charge on any atom is 0.337 e. The van der Waals surface area contributed by atoms with Crippen LogP contribution in [0, 0.1) is 6.92 Å². The van der Waals surface area contributed by atoms with Gasteiger partial charge in [-0.1, -0.05) is 11.6 Å². The molecule has 0 radical (unpaired) electrons. The summed E-state index contributed by atoms with van der Waals surface area (Å²) in [6, 6.07) is 4.91. The highest BCUT2D eigenvalue weighted by Gasteiger charge is 2.38. The van der Waals surface area contributed by atoms with E-state index in [1.54, 1.807) is 26.0 Å². The van der Waals surface area contributed by atoms with Crippen molar-refractivity contribution in [2.75, 3.05) is 11.9 Å². The molecule has 1 heterocycles. The zero-order valence-corrected chi connectivity index (χ0v) is 11.0. The lowest BCUT2D eigenvalue weighted by Crippen LogP contribution is -2.39. The Balaban J connectivity index is 2.23. The van der Waals surface area contributed by atoms with Gasteiger partial charge in [0.1, 0.15) is 5.60 Å². The summed E-state index contributed by atoms with van der Waals surface area (Å²) in [5.41, 5.74) is 0.370. The summed E-state index contributed by atoms with van der Waals surface area (Å²) < 4.78 is 5.44. The number of nitrogens with one attached hydrogen (secondary N) is 1. The SMILES string of the molecule is Cc1ccc(NC(=O)C2(C)CCCO2)c(C(=O)O)c1. The third-order valence-electron chi connectivity index (χ3n) is 3.35. The average molecular weight is 263 g/mol. The highest BCUT2D eigenvalue weighted by Crippen LogP contribution is 2.27. The Hall–Kier alpha value is -1.88. The number of ether oxygens (including phenoxy) is 1. The maximum atomic E-state index is 12.2. The van der Waals surface area contributed by atoms with E-state index in [2.05, 4.69) is 5.32 Å². The third-order valence-corrected chi connectivity index (χ3v) is 3.35. The van der Waals surface area contributed by atoms with E-state index in [0.29, 0.717) is 18.7 Å². The summed E-state index contributed by atoms with van der Waals surface area (Å²) in [6.45, 7) is 4.09. The highest BCUT2D eigenvalue weighted by molar-refractivity contribution is 6.03. The van der Waals surface area contributed by atoms with Crippen molar-refractivity contribution >= 4 is 17.6 Å². The maximum absolute atomic E-state index is 12.2. The quantitative estimate of drug-likeness (QED) is 0.876. The Labute approximate surface area is 111 Å². The number of amides is 1. The molecule has 1 unspecified atom stereocenters. The molecule has 5 nitrogen and oxygen atoms in total. The van der Waals surface area contributed by atoms with Gasteiger partial charge in [0.2, 0.25) is 0 Å². The molecule has 0 saturated carbocycles. The molecule has 0 aromatic heterocycles. The van der Waals surface area contributed by atoms with E-state index in [1.165, 1.54) is 6.07 Å². The number of carboxylic acid groups (broad SMARTS) is 1. The van der Waals surface area contributed by atoms with Crippen molar-refractivity contribution in [2.24, 2.45) is 0 Å². The largest absolute Gasteiger partial charge is 0.478 e. The molecular weight excluding hydrogens is 246 g/mol. The van der Waals surface area contributed by atoms with Gasteiger partial charge in [0.15, 0.2) is 0 Å². The van der Waals surface area contributed by atoms with Crippen LogP contribution in [0.5, 0.6) is 0 Å². The molecule has 102 valence electrons. The average Bonchev–Trinajstić information content (AvgIpc) is 2.79. The summed E-state index contributed by atoms with van der Waals surface area (Å²) in [5.74, 6) is -1.35. The minimum absolute atomic E-state index is 0.0925. The molecule has 2 N–H and O–H groups in total. The molecule has 0 aliphatic carbocycles. The smallest absolute Gasteiger partial charge is 0.337 e. The molecule has 1 atom stereocenters. The fourth-order valence-corrected chi connectivity index (χ4v) is 2.16. The summed E-state index contributed by atoms with van der Waals surface area (Å²) in [6.07, 6.45) is 1.48. The Kier molecular flexibility index (Phi) is 3.57. The Morgan fingerprint density at radius 1 is 1.42 bits per heavy atom. The van der Waals surface area contributed by atoms with Crippen LogP contribution in [0.15, 0.2) is 18.2 Å². The minimum Gasteiger partial charge on any atom is -0.478 e. The van der Waals surface area contributed by atoms with Gasteiger partial charge < -0.3 is 15.2 Å². The molecule has 1 aliphatic rings. The summed E-state index contributed by atoms with van der Waals surface area (Å²) >= 11 is 0.